The standard InChI is InChI=1S/C16H13BrN2O6/c1-18-12-3-2-9(4-13(12)19(21)22)16(20)23-7-10-5-14-15(6-11(10)17)25-8-24-14/h2-6,18H,7-8H2,1H3. The average Bonchev–Trinajstić information content (AvgIpc) is 3.05. The number of esters is 1. The number of nitro benzene ring substituents is 1. The van der Waals surface area contributed by atoms with E-state index in [2.05, 4.69) is 21.2 Å². The van der Waals surface area contributed by atoms with Crippen LogP contribution in [0.3, 0.4) is 0 Å². The van der Waals surface area contributed by atoms with Crippen LogP contribution in [-0.4, -0.2) is 24.7 Å². The summed E-state index contributed by atoms with van der Waals surface area (Å²) in [6.07, 6.45) is 0. The van der Waals surface area contributed by atoms with Gasteiger partial charge in [-0.05, 0) is 24.3 Å². The minimum absolute atomic E-state index is 0.0162. The highest BCUT2D eigenvalue weighted by Crippen LogP contribution is 2.37. The number of fused-ring (bicyclic) bond motifs is 1. The van der Waals surface area contributed by atoms with Crippen LogP contribution in [0.25, 0.3) is 0 Å². The summed E-state index contributed by atoms with van der Waals surface area (Å²) in [4.78, 5) is 22.7. The molecule has 130 valence electrons. The van der Waals surface area contributed by atoms with E-state index in [1.165, 1.54) is 18.2 Å². The summed E-state index contributed by atoms with van der Waals surface area (Å²) < 4.78 is 16.5. The molecule has 9 heteroatoms. The molecule has 1 heterocycles. The summed E-state index contributed by atoms with van der Waals surface area (Å²) in [7, 11) is 1.57. The first kappa shape index (κ1) is 17.0. The maximum Gasteiger partial charge on any atom is 0.338 e. The van der Waals surface area contributed by atoms with Crippen LogP contribution in [0.2, 0.25) is 0 Å². The smallest absolute Gasteiger partial charge is 0.338 e. The third-order valence-electron chi connectivity index (χ3n) is 3.60. The molecule has 0 spiro atoms. The number of anilines is 1. The number of carbonyl (C=O) groups excluding carboxylic acids is 1. The number of nitro groups is 1. The Labute approximate surface area is 151 Å². The molecule has 0 saturated heterocycles. The van der Waals surface area contributed by atoms with Gasteiger partial charge in [-0.15, -0.1) is 0 Å². The van der Waals surface area contributed by atoms with E-state index in [4.69, 9.17) is 14.2 Å². The molecule has 2 aromatic carbocycles. The van der Waals surface area contributed by atoms with Gasteiger partial charge in [0.1, 0.15) is 12.3 Å². The fraction of sp³-hybridized carbons (Fsp3) is 0.188. The zero-order chi connectivity index (χ0) is 18.0. The lowest BCUT2D eigenvalue weighted by atomic mass is 10.1. The number of ether oxygens (including phenoxy) is 3. The van der Waals surface area contributed by atoms with Crippen LogP contribution in [0.1, 0.15) is 15.9 Å². The molecule has 8 nitrogen and oxygen atoms in total. The van der Waals surface area contributed by atoms with E-state index in [0.29, 0.717) is 27.2 Å². The first-order chi connectivity index (χ1) is 12.0. The summed E-state index contributed by atoms with van der Waals surface area (Å²) in [5.41, 5.74) is 0.919. The van der Waals surface area contributed by atoms with Gasteiger partial charge in [-0.3, -0.25) is 10.1 Å². The second-order valence-electron chi connectivity index (χ2n) is 5.11. The van der Waals surface area contributed by atoms with E-state index in [1.807, 2.05) is 0 Å². The first-order valence-corrected chi connectivity index (χ1v) is 8.00. The Kier molecular flexibility index (Phi) is 4.75. The minimum atomic E-state index is -0.657. The Morgan fingerprint density at radius 3 is 2.72 bits per heavy atom. The fourth-order valence-corrected chi connectivity index (χ4v) is 2.75. The van der Waals surface area contributed by atoms with Crippen molar-refractivity contribution in [1.29, 1.82) is 0 Å². The number of nitrogens with one attached hydrogen (secondary N) is 1. The van der Waals surface area contributed by atoms with Crippen molar-refractivity contribution in [2.24, 2.45) is 0 Å². The van der Waals surface area contributed by atoms with Crippen LogP contribution in [-0.2, 0) is 11.3 Å². The Morgan fingerprint density at radius 2 is 2.04 bits per heavy atom. The Hall–Kier alpha value is -2.81. The second-order valence-corrected chi connectivity index (χ2v) is 5.97. The van der Waals surface area contributed by atoms with E-state index in [-0.39, 0.29) is 24.7 Å². The van der Waals surface area contributed by atoms with Gasteiger partial charge in [-0.25, -0.2) is 4.79 Å². The van der Waals surface area contributed by atoms with Gasteiger partial charge < -0.3 is 19.5 Å². The zero-order valence-electron chi connectivity index (χ0n) is 13.1. The van der Waals surface area contributed by atoms with E-state index in [9.17, 15) is 14.9 Å². The molecule has 0 unspecified atom stereocenters. The van der Waals surface area contributed by atoms with Crippen molar-refractivity contribution in [3.05, 3.63) is 56.0 Å². The van der Waals surface area contributed by atoms with Gasteiger partial charge in [0, 0.05) is 23.2 Å². The normalized spacial score (nSPS) is 11.9. The SMILES string of the molecule is CNc1ccc(C(=O)OCc2cc3c(cc2Br)OCO3)cc1[N+](=O)[O-]. The summed E-state index contributed by atoms with van der Waals surface area (Å²) in [6.45, 7) is 0.129. The van der Waals surface area contributed by atoms with Crippen LogP contribution >= 0.6 is 15.9 Å². The number of hydrogen-bond donors (Lipinski definition) is 1. The number of carbonyl (C=O) groups is 1. The largest absolute Gasteiger partial charge is 0.457 e. The molecule has 2 aromatic rings. The predicted octanol–water partition coefficient (Wildman–Crippen LogP) is 3.48. The molecule has 0 radical (unpaired) electrons. The Balaban J connectivity index is 1.75. The second kappa shape index (κ2) is 6.98. The zero-order valence-corrected chi connectivity index (χ0v) is 14.7. The molecule has 0 atom stereocenters. The van der Waals surface area contributed by atoms with Crippen molar-refractivity contribution in [3.8, 4) is 11.5 Å². The molecule has 0 fully saturated rings. The van der Waals surface area contributed by atoms with E-state index < -0.39 is 10.9 Å². The summed E-state index contributed by atoms with van der Waals surface area (Å²) in [5.74, 6) is 0.527. The summed E-state index contributed by atoms with van der Waals surface area (Å²) in [6, 6.07) is 7.56. The molecular formula is C16H13BrN2O6. The van der Waals surface area contributed by atoms with Crippen molar-refractivity contribution in [3.63, 3.8) is 0 Å². The van der Waals surface area contributed by atoms with Crippen LogP contribution in [0.15, 0.2) is 34.8 Å². The van der Waals surface area contributed by atoms with Crippen molar-refractivity contribution < 1.29 is 23.9 Å². The van der Waals surface area contributed by atoms with Gasteiger partial charge in [0.2, 0.25) is 6.79 Å². The molecule has 1 N–H and O–H groups in total. The van der Waals surface area contributed by atoms with Crippen molar-refractivity contribution in [2.45, 2.75) is 6.61 Å². The lowest BCUT2D eigenvalue weighted by Gasteiger charge is -2.09. The third-order valence-corrected chi connectivity index (χ3v) is 4.34. The number of rotatable bonds is 5. The monoisotopic (exact) mass is 408 g/mol. The molecular weight excluding hydrogens is 396 g/mol. The van der Waals surface area contributed by atoms with Crippen molar-refractivity contribution in [1.82, 2.24) is 0 Å². The van der Waals surface area contributed by atoms with Gasteiger partial charge in [0.15, 0.2) is 11.5 Å². The number of benzene rings is 2. The van der Waals surface area contributed by atoms with Crippen LogP contribution in [0, 0.1) is 10.1 Å². The maximum atomic E-state index is 12.2. The molecule has 0 amide bonds. The minimum Gasteiger partial charge on any atom is -0.457 e. The number of hydrogen-bond acceptors (Lipinski definition) is 7. The van der Waals surface area contributed by atoms with Crippen molar-refractivity contribution >= 4 is 33.3 Å². The van der Waals surface area contributed by atoms with E-state index in [0.717, 1.165) is 0 Å². The van der Waals surface area contributed by atoms with Gasteiger partial charge in [0.25, 0.3) is 5.69 Å². The number of halogens is 1. The van der Waals surface area contributed by atoms with Crippen LogP contribution in [0.5, 0.6) is 11.5 Å². The highest BCUT2D eigenvalue weighted by molar-refractivity contribution is 9.10. The summed E-state index contributed by atoms with van der Waals surface area (Å²) in [5, 5.41) is 13.8. The highest BCUT2D eigenvalue weighted by Gasteiger charge is 2.20. The molecule has 0 aromatic heterocycles. The Morgan fingerprint density at radius 1 is 1.32 bits per heavy atom. The topological polar surface area (TPSA) is 99.9 Å². The third kappa shape index (κ3) is 3.50. The lowest BCUT2D eigenvalue weighted by Crippen LogP contribution is -2.07. The van der Waals surface area contributed by atoms with Crippen LogP contribution in [0.4, 0.5) is 11.4 Å². The Bertz CT molecular complexity index is 855. The quantitative estimate of drug-likeness (QED) is 0.459. The van der Waals surface area contributed by atoms with E-state index in [1.54, 1.807) is 19.2 Å². The highest BCUT2D eigenvalue weighted by atomic mass is 79.9. The van der Waals surface area contributed by atoms with Crippen molar-refractivity contribution in [2.75, 3.05) is 19.2 Å². The van der Waals surface area contributed by atoms with Gasteiger partial charge in [0.05, 0.1) is 10.5 Å². The fourth-order valence-electron chi connectivity index (χ4n) is 2.32. The molecule has 0 aliphatic carbocycles. The number of nitrogens with zero attached hydrogens (tertiary/aromatic N) is 1. The molecule has 25 heavy (non-hydrogen) atoms. The van der Waals surface area contributed by atoms with Crippen LogP contribution < -0.4 is 14.8 Å². The van der Waals surface area contributed by atoms with Gasteiger partial charge >= 0.3 is 5.97 Å². The molecule has 3 rings (SSSR count). The molecule has 0 saturated carbocycles. The summed E-state index contributed by atoms with van der Waals surface area (Å²) >= 11 is 3.38. The van der Waals surface area contributed by atoms with E-state index >= 15 is 0 Å². The van der Waals surface area contributed by atoms with Gasteiger partial charge in [-0.1, -0.05) is 15.9 Å². The predicted molar refractivity (Wildman–Crippen MR) is 92.0 cm³/mol. The first-order valence-electron chi connectivity index (χ1n) is 7.21. The average molecular weight is 409 g/mol. The van der Waals surface area contributed by atoms with Gasteiger partial charge in [-0.2, -0.15) is 0 Å². The molecule has 1 aliphatic heterocycles. The molecule has 0 bridgehead atoms. The lowest BCUT2D eigenvalue weighted by molar-refractivity contribution is -0.384. The molecule has 1 aliphatic rings. The maximum absolute atomic E-state index is 12.2.